The Morgan fingerprint density at radius 1 is 1.33 bits per heavy atom. The maximum absolute atomic E-state index is 5.61. The molecule has 2 fully saturated rings. The fourth-order valence-corrected chi connectivity index (χ4v) is 3.47. The first-order valence-corrected chi connectivity index (χ1v) is 7.49. The van der Waals surface area contributed by atoms with Gasteiger partial charge in [-0.3, -0.25) is 4.90 Å². The van der Waals surface area contributed by atoms with Gasteiger partial charge in [0.25, 0.3) is 0 Å². The third kappa shape index (κ3) is 3.06. The van der Waals surface area contributed by atoms with E-state index in [0.29, 0.717) is 23.9 Å². The summed E-state index contributed by atoms with van der Waals surface area (Å²) in [7, 11) is 0. The largest absolute Gasteiger partial charge is 0.381 e. The molecule has 0 aromatic rings. The zero-order chi connectivity index (χ0) is 13.3. The van der Waals surface area contributed by atoms with Crippen LogP contribution in [0.15, 0.2) is 0 Å². The van der Waals surface area contributed by atoms with E-state index in [0.717, 1.165) is 26.3 Å². The molecular formula is C15H30N2O. The molecule has 18 heavy (non-hydrogen) atoms. The van der Waals surface area contributed by atoms with Crippen LogP contribution in [-0.2, 0) is 4.74 Å². The molecule has 3 unspecified atom stereocenters. The Morgan fingerprint density at radius 2 is 2.06 bits per heavy atom. The van der Waals surface area contributed by atoms with Crippen LogP contribution in [0.3, 0.4) is 0 Å². The van der Waals surface area contributed by atoms with Gasteiger partial charge in [-0.1, -0.05) is 20.8 Å². The summed E-state index contributed by atoms with van der Waals surface area (Å²) >= 11 is 0. The summed E-state index contributed by atoms with van der Waals surface area (Å²) < 4.78 is 5.61. The van der Waals surface area contributed by atoms with Gasteiger partial charge < -0.3 is 10.1 Å². The Balaban J connectivity index is 2.13. The summed E-state index contributed by atoms with van der Waals surface area (Å²) in [6, 6.07) is 1.37. The third-order valence-electron chi connectivity index (χ3n) is 4.58. The molecule has 3 atom stereocenters. The summed E-state index contributed by atoms with van der Waals surface area (Å²) in [5, 5.41) is 3.70. The molecule has 0 aromatic carbocycles. The van der Waals surface area contributed by atoms with Crippen LogP contribution in [0.1, 0.15) is 41.0 Å². The highest BCUT2D eigenvalue weighted by molar-refractivity contribution is 4.97. The molecule has 2 heterocycles. The van der Waals surface area contributed by atoms with E-state index in [1.807, 2.05) is 0 Å². The van der Waals surface area contributed by atoms with Crippen molar-refractivity contribution in [2.75, 3.05) is 26.3 Å². The van der Waals surface area contributed by atoms with Crippen LogP contribution in [0, 0.1) is 11.8 Å². The highest BCUT2D eigenvalue weighted by Gasteiger charge is 2.40. The Bertz CT molecular complexity index is 278. The molecule has 3 nitrogen and oxygen atoms in total. The van der Waals surface area contributed by atoms with Gasteiger partial charge in [0.15, 0.2) is 0 Å². The van der Waals surface area contributed by atoms with Crippen molar-refractivity contribution in [2.45, 2.75) is 58.7 Å². The van der Waals surface area contributed by atoms with Gasteiger partial charge in [0.1, 0.15) is 0 Å². The van der Waals surface area contributed by atoms with Crippen molar-refractivity contribution < 1.29 is 4.74 Å². The van der Waals surface area contributed by atoms with Gasteiger partial charge in [0.2, 0.25) is 0 Å². The summed E-state index contributed by atoms with van der Waals surface area (Å²) in [6.45, 7) is 15.8. The molecule has 3 heteroatoms. The van der Waals surface area contributed by atoms with Crippen LogP contribution in [0.25, 0.3) is 0 Å². The fourth-order valence-electron chi connectivity index (χ4n) is 3.47. The van der Waals surface area contributed by atoms with Gasteiger partial charge in [-0.05, 0) is 32.1 Å². The quantitative estimate of drug-likeness (QED) is 0.817. The van der Waals surface area contributed by atoms with E-state index in [-0.39, 0.29) is 5.54 Å². The van der Waals surface area contributed by atoms with Gasteiger partial charge >= 0.3 is 0 Å². The molecular weight excluding hydrogens is 224 g/mol. The lowest BCUT2D eigenvalue weighted by Crippen LogP contribution is -2.66. The van der Waals surface area contributed by atoms with Crippen molar-refractivity contribution in [3.63, 3.8) is 0 Å². The lowest BCUT2D eigenvalue weighted by atomic mass is 9.87. The monoisotopic (exact) mass is 254 g/mol. The molecule has 0 aliphatic carbocycles. The second-order valence-corrected chi connectivity index (χ2v) is 7.16. The topological polar surface area (TPSA) is 24.5 Å². The van der Waals surface area contributed by atoms with Gasteiger partial charge in [0.05, 0.1) is 6.61 Å². The Labute approximate surface area is 112 Å². The van der Waals surface area contributed by atoms with Gasteiger partial charge in [-0.25, -0.2) is 0 Å². The molecule has 2 aliphatic heterocycles. The molecule has 0 bridgehead atoms. The lowest BCUT2D eigenvalue weighted by molar-refractivity contribution is -0.0512. The van der Waals surface area contributed by atoms with E-state index in [1.54, 1.807) is 0 Å². The first-order valence-electron chi connectivity index (χ1n) is 7.49. The number of piperazine rings is 1. The average Bonchev–Trinajstić information content (AvgIpc) is 2.27. The van der Waals surface area contributed by atoms with Crippen molar-refractivity contribution in [3.05, 3.63) is 0 Å². The van der Waals surface area contributed by atoms with E-state index < -0.39 is 0 Å². The van der Waals surface area contributed by atoms with E-state index in [1.165, 1.54) is 6.42 Å². The first-order chi connectivity index (χ1) is 8.41. The normalized spacial score (nSPS) is 38.0. The number of nitrogens with zero attached hydrogens (tertiary/aromatic N) is 1. The van der Waals surface area contributed by atoms with Crippen molar-refractivity contribution in [2.24, 2.45) is 11.8 Å². The van der Waals surface area contributed by atoms with E-state index >= 15 is 0 Å². The van der Waals surface area contributed by atoms with Gasteiger partial charge in [0, 0.05) is 37.3 Å². The van der Waals surface area contributed by atoms with Gasteiger partial charge in [-0.15, -0.1) is 0 Å². The Hall–Kier alpha value is -0.120. The third-order valence-corrected chi connectivity index (χ3v) is 4.58. The Morgan fingerprint density at radius 3 is 2.67 bits per heavy atom. The highest BCUT2D eigenvalue weighted by atomic mass is 16.5. The molecule has 2 saturated heterocycles. The summed E-state index contributed by atoms with van der Waals surface area (Å²) in [6.07, 6.45) is 1.19. The molecule has 0 radical (unpaired) electrons. The van der Waals surface area contributed by atoms with Crippen molar-refractivity contribution >= 4 is 0 Å². The molecule has 0 aromatic heterocycles. The second kappa shape index (κ2) is 5.48. The number of hydrogen-bond donors (Lipinski definition) is 1. The molecule has 0 spiro atoms. The number of ether oxygens (including phenoxy) is 1. The number of nitrogens with one attached hydrogen (secondary N) is 1. The van der Waals surface area contributed by atoms with Crippen molar-refractivity contribution in [3.8, 4) is 0 Å². The zero-order valence-electron chi connectivity index (χ0n) is 12.7. The molecule has 106 valence electrons. The van der Waals surface area contributed by atoms with Gasteiger partial charge in [-0.2, -0.15) is 0 Å². The van der Waals surface area contributed by atoms with Crippen LogP contribution >= 0.6 is 0 Å². The molecule has 2 aliphatic rings. The standard InChI is InChI=1S/C15H30N2O/c1-11(2)14-8-16-15(4,5)10-17(14)13-6-7-18-9-12(13)3/h11-14,16H,6-10H2,1-5H3. The molecule has 0 amide bonds. The second-order valence-electron chi connectivity index (χ2n) is 7.16. The van der Waals surface area contributed by atoms with Crippen molar-refractivity contribution in [1.29, 1.82) is 0 Å². The zero-order valence-corrected chi connectivity index (χ0v) is 12.7. The molecule has 2 rings (SSSR count). The minimum atomic E-state index is 0.239. The van der Waals surface area contributed by atoms with E-state index in [4.69, 9.17) is 4.74 Å². The van der Waals surface area contributed by atoms with Crippen LogP contribution in [0.2, 0.25) is 0 Å². The van der Waals surface area contributed by atoms with Crippen LogP contribution in [0.5, 0.6) is 0 Å². The van der Waals surface area contributed by atoms with Crippen molar-refractivity contribution in [1.82, 2.24) is 10.2 Å². The minimum absolute atomic E-state index is 0.239. The average molecular weight is 254 g/mol. The Kier molecular flexibility index (Phi) is 4.35. The van der Waals surface area contributed by atoms with Crippen LogP contribution < -0.4 is 5.32 Å². The lowest BCUT2D eigenvalue weighted by Gasteiger charge is -2.51. The molecule has 0 saturated carbocycles. The summed E-state index contributed by atoms with van der Waals surface area (Å²) in [5.74, 6) is 1.37. The van der Waals surface area contributed by atoms with Crippen LogP contribution in [-0.4, -0.2) is 48.8 Å². The first kappa shape index (κ1) is 14.3. The summed E-state index contributed by atoms with van der Waals surface area (Å²) in [5.41, 5.74) is 0.239. The number of hydrogen-bond acceptors (Lipinski definition) is 3. The predicted molar refractivity (Wildman–Crippen MR) is 75.8 cm³/mol. The maximum Gasteiger partial charge on any atom is 0.0506 e. The van der Waals surface area contributed by atoms with Crippen LogP contribution in [0.4, 0.5) is 0 Å². The minimum Gasteiger partial charge on any atom is -0.381 e. The highest BCUT2D eigenvalue weighted by Crippen LogP contribution is 2.29. The maximum atomic E-state index is 5.61. The number of rotatable bonds is 2. The summed E-state index contributed by atoms with van der Waals surface area (Å²) in [4.78, 5) is 2.77. The van der Waals surface area contributed by atoms with E-state index in [2.05, 4.69) is 44.8 Å². The SMILES string of the molecule is CC(C)C1CNC(C)(C)CN1C1CCOCC1C. The smallest absolute Gasteiger partial charge is 0.0506 e. The predicted octanol–water partition coefficient (Wildman–Crippen LogP) is 2.12. The fraction of sp³-hybridized carbons (Fsp3) is 1.00. The molecule has 1 N–H and O–H groups in total. The van der Waals surface area contributed by atoms with E-state index in [9.17, 15) is 0 Å².